The molecule has 4 nitrogen and oxygen atoms in total. The predicted molar refractivity (Wildman–Crippen MR) is 89.1 cm³/mol. The Morgan fingerprint density at radius 1 is 1.14 bits per heavy atom. The lowest BCUT2D eigenvalue weighted by molar-refractivity contribution is 0.262. The van der Waals surface area contributed by atoms with Crippen LogP contribution in [-0.2, 0) is 0 Å². The minimum absolute atomic E-state index is 0.0870. The van der Waals surface area contributed by atoms with E-state index in [2.05, 4.69) is 26.6 Å². The largest absolute Gasteiger partial charge is 0.389 e. The number of urea groups is 1. The maximum atomic E-state index is 13.5. The number of thiocarbonyl (C=S) groups is 1. The Morgan fingerprint density at radius 3 is 2.48 bits per heavy atom. The van der Waals surface area contributed by atoms with E-state index < -0.39 is 11.8 Å². The highest BCUT2D eigenvalue weighted by Crippen LogP contribution is 2.21. The van der Waals surface area contributed by atoms with Gasteiger partial charge < -0.3 is 16.4 Å². The second-order valence-corrected chi connectivity index (χ2v) is 5.47. The van der Waals surface area contributed by atoms with E-state index in [-0.39, 0.29) is 10.7 Å². The fraction of sp³-hybridized carbons (Fsp3) is 0. The second kappa shape index (κ2) is 6.64. The molecule has 2 rings (SSSR count). The summed E-state index contributed by atoms with van der Waals surface area (Å²) in [6.45, 7) is 0. The summed E-state index contributed by atoms with van der Waals surface area (Å²) in [5, 5.41) is 5.01. The number of para-hydroxylation sites is 1. The first-order chi connectivity index (χ1) is 9.97. The van der Waals surface area contributed by atoms with Crippen molar-refractivity contribution in [3.8, 4) is 0 Å². The van der Waals surface area contributed by atoms with Gasteiger partial charge in [0.25, 0.3) is 0 Å². The van der Waals surface area contributed by atoms with Crippen molar-refractivity contribution in [2.75, 3.05) is 10.6 Å². The highest BCUT2D eigenvalue weighted by Gasteiger charge is 2.11. The molecule has 2 aromatic rings. The van der Waals surface area contributed by atoms with Crippen LogP contribution in [0.25, 0.3) is 0 Å². The number of nitrogens with two attached hydrogens (primary N) is 1. The van der Waals surface area contributed by atoms with Crippen molar-refractivity contribution < 1.29 is 9.18 Å². The van der Waals surface area contributed by atoms with Gasteiger partial charge in [-0.25, -0.2) is 9.18 Å². The van der Waals surface area contributed by atoms with Crippen molar-refractivity contribution in [2.45, 2.75) is 0 Å². The molecule has 4 N–H and O–H groups in total. The summed E-state index contributed by atoms with van der Waals surface area (Å²) in [6, 6.07) is 10.4. The number of hydrogen-bond donors (Lipinski definition) is 3. The van der Waals surface area contributed by atoms with Crippen LogP contribution in [0.5, 0.6) is 0 Å². The third-order valence-electron chi connectivity index (χ3n) is 2.62. The quantitative estimate of drug-likeness (QED) is 0.721. The summed E-state index contributed by atoms with van der Waals surface area (Å²) in [5.41, 5.74) is 6.66. The first kappa shape index (κ1) is 15.4. The van der Waals surface area contributed by atoms with Gasteiger partial charge in [0.1, 0.15) is 10.8 Å². The molecule has 0 fully saturated rings. The number of amides is 2. The van der Waals surface area contributed by atoms with Gasteiger partial charge in [0.05, 0.1) is 11.4 Å². The highest BCUT2D eigenvalue weighted by atomic mass is 79.9. The van der Waals surface area contributed by atoms with Gasteiger partial charge >= 0.3 is 6.03 Å². The molecule has 7 heteroatoms. The summed E-state index contributed by atoms with van der Waals surface area (Å²) < 4.78 is 14.2. The molecule has 0 heterocycles. The van der Waals surface area contributed by atoms with E-state index in [9.17, 15) is 9.18 Å². The van der Waals surface area contributed by atoms with Crippen molar-refractivity contribution in [1.82, 2.24) is 0 Å². The van der Waals surface area contributed by atoms with Gasteiger partial charge in [-0.15, -0.1) is 0 Å². The van der Waals surface area contributed by atoms with Crippen molar-refractivity contribution in [1.29, 1.82) is 0 Å². The second-order valence-electron chi connectivity index (χ2n) is 4.11. The molecule has 0 unspecified atom stereocenters. The number of benzene rings is 2. The smallest absolute Gasteiger partial charge is 0.323 e. The number of rotatable bonds is 3. The van der Waals surface area contributed by atoms with Crippen molar-refractivity contribution >= 4 is 50.5 Å². The zero-order chi connectivity index (χ0) is 15.4. The molecule has 0 bridgehead atoms. The number of anilines is 2. The standard InChI is InChI=1S/C14H11BrFN3OS/c15-8-5-6-11(9(7-8)13(17)21)18-14(20)19-12-4-2-1-3-10(12)16/h1-7H,(H2,17,21)(H2,18,19,20). The molecule has 0 atom stereocenters. The molecular weight excluding hydrogens is 357 g/mol. The molecule has 0 aromatic heterocycles. The van der Waals surface area contributed by atoms with E-state index >= 15 is 0 Å². The van der Waals surface area contributed by atoms with Crippen LogP contribution in [0.4, 0.5) is 20.6 Å². The first-order valence-electron chi connectivity index (χ1n) is 5.89. The van der Waals surface area contributed by atoms with Crippen LogP contribution in [0.2, 0.25) is 0 Å². The monoisotopic (exact) mass is 367 g/mol. The van der Waals surface area contributed by atoms with Crippen molar-refractivity contribution in [2.24, 2.45) is 5.73 Å². The van der Waals surface area contributed by atoms with Gasteiger partial charge in [0.2, 0.25) is 0 Å². The van der Waals surface area contributed by atoms with E-state index in [1.54, 1.807) is 24.3 Å². The van der Waals surface area contributed by atoms with Gasteiger partial charge in [0, 0.05) is 10.0 Å². The molecule has 0 saturated heterocycles. The van der Waals surface area contributed by atoms with E-state index in [1.807, 2.05) is 0 Å². The van der Waals surface area contributed by atoms with Crippen molar-refractivity contribution in [3.05, 3.63) is 58.3 Å². The van der Waals surface area contributed by atoms with E-state index in [1.165, 1.54) is 18.2 Å². The molecule has 2 amide bonds. The van der Waals surface area contributed by atoms with Crippen LogP contribution >= 0.6 is 28.1 Å². The van der Waals surface area contributed by atoms with Gasteiger partial charge in [0.15, 0.2) is 0 Å². The topological polar surface area (TPSA) is 67.1 Å². The summed E-state index contributed by atoms with van der Waals surface area (Å²) in [5.74, 6) is -0.516. The van der Waals surface area contributed by atoms with Gasteiger partial charge in [-0.3, -0.25) is 0 Å². The van der Waals surface area contributed by atoms with Crippen LogP contribution in [0.3, 0.4) is 0 Å². The molecule has 0 aliphatic rings. The van der Waals surface area contributed by atoms with Crippen molar-refractivity contribution in [3.63, 3.8) is 0 Å². The Hall–Kier alpha value is -1.99. The van der Waals surface area contributed by atoms with Gasteiger partial charge in [-0.2, -0.15) is 0 Å². The Kier molecular flexibility index (Phi) is 4.87. The molecule has 108 valence electrons. The van der Waals surface area contributed by atoms with Gasteiger partial charge in [-0.1, -0.05) is 40.3 Å². The lowest BCUT2D eigenvalue weighted by Crippen LogP contribution is -2.22. The lowest BCUT2D eigenvalue weighted by atomic mass is 10.2. The number of halogens is 2. The SMILES string of the molecule is NC(=S)c1cc(Br)ccc1NC(=O)Nc1ccccc1F. The summed E-state index contributed by atoms with van der Waals surface area (Å²) in [7, 11) is 0. The predicted octanol–water partition coefficient (Wildman–Crippen LogP) is 3.87. The molecule has 0 aliphatic heterocycles. The van der Waals surface area contributed by atoms with Crippen LogP contribution in [0.15, 0.2) is 46.9 Å². The van der Waals surface area contributed by atoms with Crippen LogP contribution in [-0.4, -0.2) is 11.0 Å². The first-order valence-corrected chi connectivity index (χ1v) is 7.09. The number of nitrogens with one attached hydrogen (secondary N) is 2. The Labute approximate surface area is 134 Å². The van der Waals surface area contributed by atoms with Gasteiger partial charge in [-0.05, 0) is 30.3 Å². The average Bonchev–Trinajstić information content (AvgIpc) is 2.43. The average molecular weight is 368 g/mol. The number of carbonyl (C=O) groups is 1. The fourth-order valence-corrected chi connectivity index (χ4v) is 2.20. The third kappa shape index (κ3) is 3.99. The minimum atomic E-state index is -0.583. The lowest BCUT2D eigenvalue weighted by Gasteiger charge is -2.12. The maximum Gasteiger partial charge on any atom is 0.323 e. The van der Waals surface area contributed by atoms with Crippen LogP contribution < -0.4 is 16.4 Å². The zero-order valence-electron chi connectivity index (χ0n) is 10.7. The maximum absolute atomic E-state index is 13.5. The van der Waals surface area contributed by atoms with E-state index in [0.29, 0.717) is 11.3 Å². The minimum Gasteiger partial charge on any atom is -0.389 e. The molecule has 0 radical (unpaired) electrons. The van der Waals surface area contributed by atoms with Crippen LogP contribution in [0.1, 0.15) is 5.56 Å². The summed E-state index contributed by atoms with van der Waals surface area (Å²) >= 11 is 8.24. The Bertz CT molecular complexity index is 708. The van der Waals surface area contributed by atoms with E-state index in [0.717, 1.165) is 4.47 Å². The Morgan fingerprint density at radius 2 is 1.81 bits per heavy atom. The molecule has 0 aliphatic carbocycles. The van der Waals surface area contributed by atoms with Crippen LogP contribution in [0, 0.1) is 5.82 Å². The zero-order valence-corrected chi connectivity index (χ0v) is 13.1. The molecule has 2 aromatic carbocycles. The normalized spacial score (nSPS) is 10.0. The molecule has 0 spiro atoms. The molecular formula is C14H11BrFN3OS. The number of carbonyl (C=O) groups excluding carboxylic acids is 1. The molecule has 21 heavy (non-hydrogen) atoms. The Balaban J connectivity index is 2.17. The number of hydrogen-bond acceptors (Lipinski definition) is 2. The molecule has 0 saturated carbocycles. The summed E-state index contributed by atoms with van der Waals surface area (Å²) in [6.07, 6.45) is 0. The fourth-order valence-electron chi connectivity index (χ4n) is 1.67. The highest BCUT2D eigenvalue weighted by molar-refractivity contribution is 9.10. The summed E-state index contributed by atoms with van der Waals surface area (Å²) in [4.78, 5) is 12.1. The van der Waals surface area contributed by atoms with E-state index in [4.69, 9.17) is 18.0 Å². The third-order valence-corrected chi connectivity index (χ3v) is 3.33.